The summed E-state index contributed by atoms with van der Waals surface area (Å²) >= 11 is 2.25. The first-order chi connectivity index (χ1) is 9.46. The molecule has 0 N–H and O–H groups in total. The van der Waals surface area contributed by atoms with E-state index in [1.165, 1.54) is 27.9 Å². The summed E-state index contributed by atoms with van der Waals surface area (Å²) < 4.78 is 7.73. The summed E-state index contributed by atoms with van der Waals surface area (Å²) in [7, 11) is -1.53. The number of para-hydroxylation sites is 1. The van der Waals surface area contributed by atoms with E-state index in [9.17, 15) is 0 Å². The van der Waals surface area contributed by atoms with E-state index in [0.717, 1.165) is 18.6 Å². The first kappa shape index (κ1) is 22.0. The van der Waals surface area contributed by atoms with Crippen molar-refractivity contribution in [2.24, 2.45) is 0 Å². The predicted molar refractivity (Wildman–Crippen MR) is 84.1 cm³/mol. The Morgan fingerprint density at radius 1 is 1.09 bits per heavy atom. The van der Waals surface area contributed by atoms with Crippen molar-refractivity contribution in [1.82, 2.24) is 0 Å². The maximum absolute atomic E-state index is 6.19. The van der Waals surface area contributed by atoms with Crippen LogP contribution < -0.4 is 29.2 Å². The van der Waals surface area contributed by atoms with Gasteiger partial charge in [0.1, 0.15) is 0 Å². The molecule has 0 fully saturated rings. The number of rotatable bonds is 6. The van der Waals surface area contributed by atoms with Crippen LogP contribution in [0.4, 0.5) is 0 Å². The Balaban J connectivity index is 0.00000220. The maximum atomic E-state index is 6.19. The number of allylic oxidation sites excluding steroid dienone is 4. The minimum Gasteiger partial charge on any atom is -1.00 e. The molecule has 0 radical (unpaired) electrons. The topological polar surface area (TPSA) is 9.23 Å². The van der Waals surface area contributed by atoms with Gasteiger partial charge in [0, 0.05) is 0 Å². The van der Waals surface area contributed by atoms with E-state index in [0.29, 0.717) is 0 Å². The maximum Gasteiger partial charge on any atom is -1.00 e. The molecule has 2 rings (SSSR count). The second kappa shape index (κ2) is 10.00. The first-order valence-electron chi connectivity index (χ1n) is 7.33. The van der Waals surface area contributed by atoms with Gasteiger partial charge in [-0.1, -0.05) is 0 Å². The van der Waals surface area contributed by atoms with E-state index < -0.39 is 8.32 Å². The van der Waals surface area contributed by atoms with Gasteiger partial charge in [-0.15, -0.1) is 0 Å². The standard InChI is InChI=1S/C17H23OSi.2ClH.Ti/c1-19(2,3)18-17-14-7-6-12-16(17)13-8-11-15-9-4-5-10-15;;;/h4,6-7,9,12,14H,5,8,11,13H2,1-3H3;2*1H;/q;;;+2/p-2. The van der Waals surface area contributed by atoms with Gasteiger partial charge in [-0.2, -0.15) is 0 Å². The molecule has 0 bridgehead atoms. The van der Waals surface area contributed by atoms with Crippen LogP contribution in [0, 0.1) is 0 Å². The van der Waals surface area contributed by atoms with E-state index in [1.54, 1.807) is 0 Å². The molecule has 22 heavy (non-hydrogen) atoms. The Morgan fingerprint density at radius 3 is 2.36 bits per heavy atom. The molecule has 1 aromatic carbocycles. The summed E-state index contributed by atoms with van der Waals surface area (Å²) in [5.74, 6) is 1.10. The Morgan fingerprint density at radius 2 is 1.77 bits per heavy atom. The summed E-state index contributed by atoms with van der Waals surface area (Å²) in [5.41, 5.74) is 2.89. The Hall–Kier alpha value is 0.0112. The van der Waals surface area contributed by atoms with Crippen molar-refractivity contribution in [3.05, 3.63) is 51.4 Å². The molecule has 1 nitrogen and oxygen atoms in total. The molecule has 0 unspecified atom stereocenters. The number of hydrogen-bond donors (Lipinski definition) is 0. The van der Waals surface area contributed by atoms with Gasteiger partial charge in [0.15, 0.2) is 0 Å². The fraction of sp³-hybridized carbons (Fsp3) is 0.412. The van der Waals surface area contributed by atoms with Gasteiger partial charge in [-0.25, -0.2) is 0 Å². The molecule has 5 heteroatoms. The van der Waals surface area contributed by atoms with Gasteiger partial charge in [0.25, 0.3) is 0 Å². The number of halogens is 2. The number of aryl methyl sites for hydroxylation is 1. The molecule has 0 aliphatic heterocycles. The van der Waals surface area contributed by atoms with Crippen LogP contribution in [0.25, 0.3) is 0 Å². The van der Waals surface area contributed by atoms with Gasteiger partial charge >= 0.3 is 136 Å². The van der Waals surface area contributed by atoms with Crippen molar-refractivity contribution in [2.75, 3.05) is 0 Å². The average Bonchev–Trinajstić information content (AvgIpc) is 2.75. The molecular weight excluding hydrogens is 367 g/mol. The van der Waals surface area contributed by atoms with Gasteiger partial charge in [-0.05, 0) is 0 Å². The zero-order chi connectivity index (χ0) is 14.6. The second-order valence-electron chi connectivity index (χ2n) is 6.29. The van der Waals surface area contributed by atoms with E-state index in [1.807, 2.05) is 0 Å². The molecule has 1 aliphatic rings. The summed E-state index contributed by atoms with van der Waals surface area (Å²) in [5, 5.41) is 0. The zero-order valence-electron chi connectivity index (χ0n) is 13.5. The van der Waals surface area contributed by atoms with Gasteiger partial charge in [-0.3, -0.25) is 0 Å². The van der Waals surface area contributed by atoms with Crippen molar-refractivity contribution in [1.29, 1.82) is 0 Å². The van der Waals surface area contributed by atoms with Gasteiger partial charge in [0.05, 0.1) is 0 Å². The molecule has 119 valence electrons. The Kier molecular flexibility index (Phi) is 10.0. The Bertz CT molecular complexity index is 536. The van der Waals surface area contributed by atoms with E-state index in [2.05, 4.69) is 76.5 Å². The third kappa shape index (κ3) is 7.06. The molecule has 0 saturated carbocycles. The van der Waals surface area contributed by atoms with E-state index in [4.69, 9.17) is 4.43 Å². The van der Waals surface area contributed by atoms with Crippen molar-refractivity contribution >= 4 is 8.32 Å². The van der Waals surface area contributed by atoms with Crippen LogP contribution in [0.3, 0.4) is 0 Å². The summed E-state index contributed by atoms with van der Waals surface area (Å²) in [6, 6.07) is 8.52. The summed E-state index contributed by atoms with van der Waals surface area (Å²) in [4.78, 5) is 0. The largest absolute Gasteiger partial charge is 1.00 e. The quantitative estimate of drug-likeness (QED) is 0.566. The summed E-state index contributed by atoms with van der Waals surface area (Å²) in [6.07, 6.45) is 9.19. The van der Waals surface area contributed by atoms with Crippen molar-refractivity contribution in [3.8, 4) is 5.75 Å². The Labute approximate surface area is 160 Å². The minimum atomic E-state index is -1.53. The van der Waals surface area contributed by atoms with E-state index in [-0.39, 0.29) is 24.8 Å². The molecule has 0 amide bonds. The molecular formula is C17H23Cl2OSiTi. The smallest absolute Gasteiger partial charge is 1.00 e. The zero-order valence-corrected chi connectivity index (χ0v) is 17.5. The SMILES string of the molecule is C[Si](C)(C)Oc1ccccc1CCCC1=[C]([Ti+2])CC=C1.[Cl-].[Cl-]. The third-order valence-corrected chi connectivity index (χ3v) is 4.96. The predicted octanol–water partition coefficient (Wildman–Crippen LogP) is -1.01. The van der Waals surface area contributed by atoms with Crippen LogP contribution in [0.1, 0.15) is 24.8 Å². The van der Waals surface area contributed by atoms with Crippen LogP contribution in [0.2, 0.25) is 19.6 Å². The molecule has 0 aromatic heterocycles. The second-order valence-corrected chi connectivity index (χ2v) is 11.7. The van der Waals surface area contributed by atoms with Crippen LogP contribution in [0.5, 0.6) is 5.75 Å². The molecule has 0 heterocycles. The fourth-order valence-electron chi connectivity index (χ4n) is 2.39. The average molecular weight is 390 g/mol. The summed E-state index contributed by atoms with van der Waals surface area (Å²) in [6.45, 7) is 6.71. The molecule has 0 atom stereocenters. The first-order valence-corrected chi connectivity index (χ1v) is 11.5. The van der Waals surface area contributed by atoms with Gasteiger partial charge < -0.3 is 24.8 Å². The molecule has 1 aromatic rings. The van der Waals surface area contributed by atoms with Crippen LogP contribution in [0.15, 0.2) is 45.9 Å². The van der Waals surface area contributed by atoms with Crippen LogP contribution >= 0.6 is 0 Å². The van der Waals surface area contributed by atoms with Crippen LogP contribution in [-0.2, 0) is 26.9 Å². The molecule has 1 aliphatic carbocycles. The minimum absolute atomic E-state index is 0. The van der Waals surface area contributed by atoms with Crippen molar-refractivity contribution in [2.45, 2.75) is 45.3 Å². The van der Waals surface area contributed by atoms with Crippen LogP contribution in [-0.4, -0.2) is 8.32 Å². The fourth-order valence-corrected chi connectivity index (χ4v) is 3.76. The number of benzene rings is 1. The molecule has 0 saturated heterocycles. The van der Waals surface area contributed by atoms with Crippen molar-refractivity contribution in [3.63, 3.8) is 0 Å². The normalized spacial score (nSPS) is 13.7. The molecule has 0 spiro atoms. The third-order valence-electron chi connectivity index (χ3n) is 3.31. The monoisotopic (exact) mass is 389 g/mol. The van der Waals surface area contributed by atoms with Crippen molar-refractivity contribution < 1.29 is 49.7 Å². The number of hydrogen-bond acceptors (Lipinski definition) is 1. The van der Waals surface area contributed by atoms with E-state index >= 15 is 0 Å². The van der Waals surface area contributed by atoms with Gasteiger partial charge in [0.2, 0.25) is 0 Å².